The van der Waals surface area contributed by atoms with Gasteiger partial charge in [0.15, 0.2) is 0 Å². The lowest BCUT2D eigenvalue weighted by Crippen LogP contribution is -2.05. The average Bonchev–Trinajstić information content (AvgIpc) is 2.29. The fourth-order valence-corrected chi connectivity index (χ4v) is 2.78. The maximum Gasteiger partial charge on any atom is 0.469 e. The summed E-state index contributed by atoms with van der Waals surface area (Å²) in [4.78, 5) is 17.3. The molecule has 1 atom stereocenters. The maximum absolute atomic E-state index is 10.6. The highest BCUT2D eigenvalue weighted by Gasteiger charge is 2.18. The SMILES string of the molecule is CCCCCCCCCCCCC(C)OP(=O)(O)O. The largest absolute Gasteiger partial charge is 0.469 e. The van der Waals surface area contributed by atoms with Gasteiger partial charge in [0.05, 0.1) is 6.10 Å². The van der Waals surface area contributed by atoms with Gasteiger partial charge in [0.1, 0.15) is 0 Å². The zero-order valence-corrected chi connectivity index (χ0v) is 13.4. The first kappa shape index (κ1) is 19.1. The van der Waals surface area contributed by atoms with E-state index in [2.05, 4.69) is 11.4 Å². The molecular weight excluding hydrogens is 263 g/mol. The molecule has 0 aromatic rings. The molecule has 0 aromatic carbocycles. The number of phosphoric acid groups is 1. The Balaban J connectivity index is 3.20. The van der Waals surface area contributed by atoms with E-state index >= 15 is 0 Å². The van der Waals surface area contributed by atoms with Gasteiger partial charge in [-0.15, -0.1) is 0 Å². The number of rotatable bonds is 13. The van der Waals surface area contributed by atoms with Gasteiger partial charge in [-0.1, -0.05) is 71.1 Å². The van der Waals surface area contributed by atoms with Crippen LogP contribution in [0, 0.1) is 0 Å². The molecule has 0 saturated carbocycles. The molecule has 0 amide bonds. The minimum Gasteiger partial charge on any atom is -0.303 e. The molecule has 0 aliphatic carbocycles. The Morgan fingerprint density at radius 3 is 1.74 bits per heavy atom. The molecule has 0 rings (SSSR count). The van der Waals surface area contributed by atoms with Crippen LogP contribution in [-0.4, -0.2) is 15.9 Å². The highest BCUT2D eigenvalue weighted by atomic mass is 31.2. The third kappa shape index (κ3) is 16.1. The number of hydrogen-bond acceptors (Lipinski definition) is 2. The standard InChI is InChI=1S/C14H31O4P/c1-3-4-5-6-7-8-9-10-11-12-13-14(2)18-19(15,16)17/h14H,3-13H2,1-2H3,(H2,15,16,17). The van der Waals surface area contributed by atoms with E-state index in [1.807, 2.05) is 0 Å². The summed E-state index contributed by atoms with van der Waals surface area (Å²) in [5, 5.41) is 0. The topological polar surface area (TPSA) is 66.8 Å². The van der Waals surface area contributed by atoms with Crippen LogP contribution in [0.3, 0.4) is 0 Å². The van der Waals surface area contributed by atoms with E-state index < -0.39 is 7.82 Å². The molecule has 19 heavy (non-hydrogen) atoms. The molecule has 0 aliphatic rings. The zero-order chi connectivity index (χ0) is 14.6. The highest BCUT2D eigenvalue weighted by Crippen LogP contribution is 2.38. The molecule has 0 spiro atoms. The van der Waals surface area contributed by atoms with E-state index in [0.717, 1.165) is 19.3 Å². The third-order valence-corrected chi connectivity index (χ3v) is 3.92. The second kappa shape index (κ2) is 11.9. The van der Waals surface area contributed by atoms with Crippen molar-refractivity contribution in [2.75, 3.05) is 0 Å². The number of unbranched alkanes of at least 4 members (excludes halogenated alkanes) is 9. The van der Waals surface area contributed by atoms with Gasteiger partial charge in [-0.2, -0.15) is 0 Å². The highest BCUT2D eigenvalue weighted by molar-refractivity contribution is 7.46. The zero-order valence-electron chi connectivity index (χ0n) is 12.5. The lowest BCUT2D eigenvalue weighted by atomic mass is 10.1. The minimum absolute atomic E-state index is 0.352. The molecule has 2 N–H and O–H groups in total. The maximum atomic E-state index is 10.6. The molecule has 0 aliphatic heterocycles. The Morgan fingerprint density at radius 2 is 1.32 bits per heavy atom. The van der Waals surface area contributed by atoms with Crippen molar-refractivity contribution in [2.24, 2.45) is 0 Å². The van der Waals surface area contributed by atoms with Gasteiger partial charge in [-0.3, -0.25) is 4.52 Å². The second-order valence-corrected chi connectivity index (χ2v) is 6.57. The Kier molecular flexibility index (Phi) is 12.0. The molecular formula is C14H31O4P. The Labute approximate surface area is 118 Å². The molecule has 0 aromatic heterocycles. The van der Waals surface area contributed by atoms with Crippen molar-refractivity contribution >= 4 is 7.82 Å². The summed E-state index contributed by atoms with van der Waals surface area (Å²) in [5.74, 6) is 0. The van der Waals surface area contributed by atoms with E-state index in [9.17, 15) is 4.57 Å². The fraction of sp³-hybridized carbons (Fsp3) is 1.00. The van der Waals surface area contributed by atoms with Crippen molar-refractivity contribution in [1.82, 2.24) is 0 Å². The van der Waals surface area contributed by atoms with E-state index in [1.54, 1.807) is 6.92 Å². The minimum atomic E-state index is -4.30. The van der Waals surface area contributed by atoms with Crippen LogP contribution in [0.1, 0.15) is 84.5 Å². The Morgan fingerprint density at radius 1 is 0.895 bits per heavy atom. The van der Waals surface area contributed by atoms with E-state index in [0.29, 0.717) is 0 Å². The lowest BCUT2D eigenvalue weighted by Gasteiger charge is -2.13. The smallest absolute Gasteiger partial charge is 0.303 e. The molecule has 0 bridgehead atoms. The van der Waals surface area contributed by atoms with Crippen molar-refractivity contribution < 1.29 is 18.9 Å². The van der Waals surface area contributed by atoms with Gasteiger partial charge in [0.25, 0.3) is 0 Å². The molecule has 0 heterocycles. The quantitative estimate of drug-likeness (QED) is 0.378. The van der Waals surface area contributed by atoms with Crippen molar-refractivity contribution in [3.8, 4) is 0 Å². The van der Waals surface area contributed by atoms with Gasteiger partial charge >= 0.3 is 7.82 Å². The molecule has 1 unspecified atom stereocenters. The van der Waals surface area contributed by atoms with Crippen LogP contribution in [0.4, 0.5) is 0 Å². The number of hydrogen-bond donors (Lipinski definition) is 2. The summed E-state index contributed by atoms with van der Waals surface area (Å²) in [6, 6.07) is 0. The lowest BCUT2D eigenvalue weighted by molar-refractivity contribution is 0.136. The normalized spacial score (nSPS) is 13.7. The van der Waals surface area contributed by atoms with E-state index in [4.69, 9.17) is 9.79 Å². The molecule has 0 saturated heterocycles. The van der Waals surface area contributed by atoms with Crippen molar-refractivity contribution in [1.29, 1.82) is 0 Å². The van der Waals surface area contributed by atoms with E-state index in [-0.39, 0.29) is 6.10 Å². The van der Waals surface area contributed by atoms with Gasteiger partial charge in [0, 0.05) is 0 Å². The predicted molar refractivity (Wildman–Crippen MR) is 79.1 cm³/mol. The van der Waals surface area contributed by atoms with E-state index in [1.165, 1.54) is 51.4 Å². The summed E-state index contributed by atoms with van der Waals surface area (Å²) >= 11 is 0. The third-order valence-electron chi connectivity index (χ3n) is 3.28. The number of phosphoric ester groups is 1. The van der Waals surface area contributed by atoms with Gasteiger partial charge < -0.3 is 9.79 Å². The predicted octanol–water partition coefficient (Wildman–Crippen LogP) is 4.80. The fourth-order valence-electron chi connectivity index (χ4n) is 2.21. The van der Waals surface area contributed by atoms with Crippen LogP contribution >= 0.6 is 7.82 Å². The van der Waals surface area contributed by atoms with Crippen LogP contribution in [0.5, 0.6) is 0 Å². The van der Waals surface area contributed by atoms with Gasteiger partial charge in [0.2, 0.25) is 0 Å². The van der Waals surface area contributed by atoms with Crippen molar-refractivity contribution in [3.63, 3.8) is 0 Å². The molecule has 0 radical (unpaired) electrons. The molecule has 116 valence electrons. The van der Waals surface area contributed by atoms with Crippen LogP contribution in [-0.2, 0) is 9.09 Å². The van der Waals surface area contributed by atoms with Gasteiger partial charge in [-0.05, 0) is 13.3 Å². The van der Waals surface area contributed by atoms with Gasteiger partial charge in [-0.25, -0.2) is 4.57 Å². The first-order chi connectivity index (χ1) is 8.95. The second-order valence-electron chi connectivity index (χ2n) is 5.38. The first-order valence-corrected chi connectivity index (χ1v) is 9.22. The summed E-state index contributed by atoms with van der Waals surface area (Å²) in [7, 11) is -4.30. The summed E-state index contributed by atoms with van der Waals surface area (Å²) in [5.41, 5.74) is 0. The van der Waals surface area contributed by atoms with Crippen LogP contribution in [0.15, 0.2) is 0 Å². The summed E-state index contributed by atoms with van der Waals surface area (Å²) in [6.07, 6.45) is 13.0. The monoisotopic (exact) mass is 294 g/mol. The first-order valence-electron chi connectivity index (χ1n) is 7.69. The summed E-state index contributed by atoms with van der Waals surface area (Å²) < 4.78 is 15.2. The Hall–Kier alpha value is 0.110. The average molecular weight is 294 g/mol. The molecule has 5 heteroatoms. The van der Waals surface area contributed by atoms with Crippen molar-refractivity contribution in [3.05, 3.63) is 0 Å². The molecule has 4 nitrogen and oxygen atoms in total. The Bertz CT molecular complexity index is 240. The molecule has 0 fully saturated rings. The van der Waals surface area contributed by atoms with Crippen LogP contribution < -0.4 is 0 Å². The van der Waals surface area contributed by atoms with Crippen molar-refractivity contribution in [2.45, 2.75) is 90.6 Å². The van der Waals surface area contributed by atoms with Crippen LogP contribution in [0.2, 0.25) is 0 Å². The summed E-state index contributed by atoms with van der Waals surface area (Å²) in [6.45, 7) is 3.95. The van der Waals surface area contributed by atoms with Crippen LogP contribution in [0.25, 0.3) is 0 Å².